The summed E-state index contributed by atoms with van der Waals surface area (Å²) in [6.07, 6.45) is 6.34. The first-order valence-electron chi connectivity index (χ1n) is 6.62. The lowest BCUT2D eigenvalue weighted by molar-refractivity contribution is -0.0567. The Kier molecular flexibility index (Phi) is 8.58. The van der Waals surface area contributed by atoms with Gasteiger partial charge in [-0.05, 0) is 46.1 Å². The van der Waals surface area contributed by atoms with E-state index in [1.807, 2.05) is 6.08 Å². The minimum atomic E-state index is -0.0487. The molecule has 0 heterocycles. The van der Waals surface area contributed by atoms with Crippen molar-refractivity contribution in [2.75, 3.05) is 13.2 Å². The van der Waals surface area contributed by atoms with Crippen molar-refractivity contribution < 1.29 is 4.74 Å². The standard InChI is InChI=1S/C14H29NO/c1-6-10-11-13(15-12-7-2)14(5,8-3)16-9-4/h6,13,15H,1,7-12H2,2-5H3. The van der Waals surface area contributed by atoms with Gasteiger partial charge in [0.1, 0.15) is 0 Å². The zero-order valence-corrected chi connectivity index (χ0v) is 11.5. The summed E-state index contributed by atoms with van der Waals surface area (Å²) in [5, 5.41) is 3.61. The summed E-state index contributed by atoms with van der Waals surface area (Å²) in [6.45, 7) is 14.3. The first kappa shape index (κ1) is 15.7. The number of allylic oxidation sites excluding steroid dienone is 1. The predicted molar refractivity (Wildman–Crippen MR) is 71.8 cm³/mol. The third-order valence-corrected chi connectivity index (χ3v) is 3.21. The molecule has 2 atom stereocenters. The topological polar surface area (TPSA) is 21.3 Å². The summed E-state index contributed by atoms with van der Waals surface area (Å²) >= 11 is 0. The maximum absolute atomic E-state index is 5.94. The van der Waals surface area contributed by atoms with Gasteiger partial charge in [0.15, 0.2) is 0 Å². The Morgan fingerprint density at radius 1 is 1.38 bits per heavy atom. The van der Waals surface area contributed by atoms with Crippen molar-refractivity contribution in [1.29, 1.82) is 0 Å². The zero-order chi connectivity index (χ0) is 12.4. The number of ether oxygens (including phenoxy) is 1. The van der Waals surface area contributed by atoms with Crippen molar-refractivity contribution in [2.24, 2.45) is 0 Å². The molecule has 16 heavy (non-hydrogen) atoms. The molecule has 0 aromatic carbocycles. The zero-order valence-electron chi connectivity index (χ0n) is 11.5. The molecule has 0 aromatic heterocycles. The van der Waals surface area contributed by atoms with Crippen LogP contribution in [0.1, 0.15) is 53.4 Å². The molecule has 2 heteroatoms. The van der Waals surface area contributed by atoms with Crippen LogP contribution in [0.3, 0.4) is 0 Å². The molecule has 0 aliphatic rings. The molecule has 0 fully saturated rings. The Bertz CT molecular complexity index is 182. The highest BCUT2D eigenvalue weighted by Gasteiger charge is 2.31. The Morgan fingerprint density at radius 3 is 2.50 bits per heavy atom. The molecule has 0 rings (SSSR count). The van der Waals surface area contributed by atoms with Gasteiger partial charge in [0.2, 0.25) is 0 Å². The van der Waals surface area contributed by atoms with Crippen LogP contribution in [0.25, 0.3) is 0 Å². The molecular weight excluding hydrogens is 198 g/mol. The second kappa shape index (κ2) is 8.77. The van der Waals surface area contributed by atoms with E-state index in [9.17, 15) is 0 Å². The van der Waals surface area contributed by atoms with Crippen LogP contribution in [-0.4, -0.2) is 24.8 Å². The molecule has 0 saturated heterocycles. The largest absolute Gasteiger partial charge is 0.374 e. The minimum Gasteiger partial charge on any atom is -0.374 e. The molecule has 0 aromatic rings. The lowest BCUT2D eigenvalue weighted by Gasteiger charge is -2.37. The minimum absolute atomic E-state index is 0.0487. The van der Waals surface area contributed by atoms with Crippen LogP contribution < -0.4 is 5.32 Å². The summed E-state index contributed by atoms with van der Waals surface area (Å²) in [5.41, 5.74) is -0.0487. The highest BCUT2D eigenvalue weighted by molar-refractivity contribution is 4.90. The van der Waals surface area contributed by atoms with Crippen molar-refractivity contribution in [2.45, 2.75) is 65.0 Å². The van der Waals surface area contributed by atoms with Crippen molar-refractivity contribution >= 4 is 0 Å². The lowest BCUT2D eigenvalue weighted by atomic mass is 9.89. The molecule has 0 amide bonds. The predicted octanol–water partition coefficient (Wildman–Crippen LogP) is 3.53. The smallest absolute Gasteiger partial charge is 0.0804 e. The molecular formula is C14H29NO. The van der Waals surface area contributed by atoms with E-state index in [0.717, 1.165) is 38.8 Å². The quantitative estimate of drug-likeness (QED) is 0.577. The highest BCUT2D eigenvalue weighted by atomic mass is 16.5. The van der Waals surface area contributed by atoms with Crippen LogP contribution in [0.2, 0.25) is 0 Å². The van der Waals surface area contributed by atoms with Gasteiger partial charge in [0.05, 0.1) is 5.60 Å². The number of hydrogen-bond acceptors (Lipinski definition) is 2. The maximum atomic E-state index is 5.94. The second-order valence-electron chi connectivity index (χ2n) is 4.47. The molecule has 0 radical (unpaired) electrons. The maximum Gasteiger partial charge on any atom is 0.0804 e. The first-order valence-corrected chi connectivity index (χ1v) is 6.62. The monoisotopic (exact) mass is 227 g/mol. The van der Waals surface area contributed by atoms with Gasteiger partial charge < -0.3 is 10.1 Å². The van der Waals surface area contributed by atoms with E-state index in [2.05, 4.69) is 39.6 Å². The summed E-state index contributed by atoms with van der Waals surface area (Å²) in [7, 11) is 0. The molecule has 96 valence electrons. The SMILES string of the molecule is C=CCCC(NCCC)C(C)(CC)OCC. The van der Waals surface area contributed by atoms with E-state index in [1.54, 1.807) is 0 Å². The average Bonchev–Trinajstić information content (AvgIpc) is 2.29. The van der Waals surface area contributed by atoms with Crippen LogP contribution in [0, 0.1) is 0 Å². The van der Waals surface area contributed by atoms with Gasteiger partial charge >= 0.3 is 0 Å². The third kappa shape index (κ3) is 5.13. The van der Waals surface area contributed by atoms with Crippen molar-refractivity contribution in [3.05, 3.63) is 12.7 Å². The van der Waals surface area contributed by atoms with E-state index in [-0.39, 0.29) is 5.60 Å². The number of rotatable bonds is 10. The van der Waals surface area contributed by atoms with Gasteiger partial charge in [-0.15, -0.1) is 6.58 Å². The van der Waals surface area contributed by atoms with Crippen LogP contribution in [-0.2, 0) is 4.74 Å². The van der Waals surface area contributed by atoms with Crippen molar-refractivity contribution in [3.8, 4) is 0 Å². The Labute approximate surface area is 101 Å². The van der Waals surface area contributed by atoms with Gasteiger partial charge in [-0.2, -0.15) is 0 Å². The lowest BCUT2D eigenvalue weighted by Crippen LogP contribution is -2.50. The van der Waals surface area contributed by atoms with Gasteiger partial charge in [-0.1, -0.05) is 19.9 Å². The second-order valence-corrected chi connectivity index (χ2v) is 4.47. The fraction of sp³-hybridized carbons (Fsp3) is 0.857. The van der Waals surface area contributed by atoms with Crippen LogP contribution in [0.15, 0.2) is 12.7 Å². The summed E-state index contributed by atoms with van der Waals surface area (Å²) in [5.74, 6) is 0. The summed E-state index contributed by atoms with van der Waals surface area (Å²) in [6, 6.07) is 0.426. The van der Waals surface area contributed by atoms with E-state index in [0.29, 0.717) is 6.04 Å². The Morgan fingerprint density at radius 2 is 2.06 bits per heavy atom. The van der Waals surface area contributed by atoms with E-state index < -0.39 is 0 Å². The van der Waals surface area contributed by atoms with E-state index in [4.69, 9.17) is 4.74 Å². The van der Waals surface area contributed by atoms with Crippen molar-refractivity contribution in [1.82, 2.24) is 5.32 Å². The van der Waals surface area contributed by atoms with E-state index in [1.165, 1.54) is 0 Å². The molecule has 0 aliphatic heterocycles. The van der Waals surface area contributed by atoms with Crippen LogP contribution in [0.5, 0.6) is 0 Å². The molecule has 2 unspecified atom stereocenters. The average molecular weight is 227 g/mol. The van der Waals surface area contributed by atoms with Gasteiger partial charge in [-0.3, -0.25) is 0 Å². The molecule has 0 aliphatic carbocycles. The van der Waals surface area contributed by atoms with Crippen LogP contribution >= 0.6 is 0 Å². The Balaban J connectivity index is 4.46. The molecule has 0 bridgehead atoms. The fourth-order valence-corrected chi connectivity index (χ4v) is 2.01. The number of nitrogens with one attached hydrogen (secondary N) is 1. The van der Waals surface area contributed by atoms with Crippen LogP contribution in [0.4, 0.5) is 0 Å². The summed E-state index contributed by atoms with van der Waals surface area (Å²) < 4.78 is 5.94. The normalized spacial score (nSPS) is 16.8. The highest BCUT2D eigenvalue weighted by Crippen LogP contribution is 2.23. The molecule has 0 saturated carbocycles. The van der Waals surface area contributed by atoms with Gasteiger partial charge in [0, 0.05) is 12.6 Å². The van der Waals surface area contributed by atoms with E-state index >= 15 is 0 Å². The van der Waals surface area contributed by atoms with Gasteiger partial charge in [-0.25, -0.2) is 0 Å². The molecule has 0 spiro atoms. The summed E-state index contributed by atoms with van der Waals surface area (Å²) in [4.78, 5) is 0. The van der Waals surface area contributed by atoms with Gasteiger partial charge in [0.25, 0.3) is 0 Å². The third-order valence-electron chi connectivity index (χ3n) is 3.21. The number of hydrogen-bond donors (Lipinski definition) is 1. The first-order chi connectivity index (χ1) is 7.64. The fourth-order valence-electron chi connectivity index (χ4n) is 2.01. The molecule has 2 nitrogen and oxygen atoms in total. The van der Waals surface area contributed by atoms with Crippen molar-refractivity contribution in [3.63, 3.8) is 0 Å². The Hall–Kier alpha value is -0.340. The molecule has 1 N–H and O–H groups in total.